The zero-order valence-electron chi connectivity index (χ0n) is 11.7. The minimum atomic E-state index is 0.694. The second-order valence-corrected chi connectivity index (χ2v) is 5.26. The predicted molar refractivity (Wildman–Crippen MR) is 83.8 cm³/mol. The van der Waals surface area contributed by atoms with Crippen molar-refractivity contribution in [3.63, 3.8) is 0 Å². The van der Waals surface area contributed by atoms with Gasteiger partial charge >= 0.3 is 0 Å². The molecular formula is C17H22N2. The van der Waals surface area contributed by atoms with Crippen molar-refractivity contribution in [3.8, 4) is 0 Å². The van der Waals surface area contributed by atoms with Crippen LogP contribution < -0.4 is 10.6 Å². The second kappa shape index (κ2) is 6.28. The van der Waals surface area contributed by atoms with E-state index in [0.29, 0.717) is 5.92 Å². The Kier molecular flexibility index (Phi) is 4.45. The van der Waals surface area contributed by atoms with E-state index in [1.807, 2.05) is 18.2 Å². The van der Waals surface area contributed by atoms with Gasteiger partial charge < -0.3 is 10.6 Å². The molecule has 100 valence electrons. The van der Waals surface area contributed by atoms with Gasteiger partial charge in [0.25, 0.3) is 0 Å². The first-order valence-corrected chi connectivity index (χ1v) is 6.85. The monoisotopic (exact) mass is 254 g/mol. The van der Waals surface area contributed by atoms with Crippen LogP contribution in [0.2, 0.25) is 0 Å². The average molecular weight is 254 g/mol. The molecule has 0 aromatic heterocycles. The number of rotatable bonds is 5. The maximum absolute atomic E-state index is 5.77. The van der Waals surface area contributed by atoms with Crippen LogP contribution in [0.4, 0.5) is 17.1 Å². The third-order valence-electron chi connectivity index (χ3n) is 3.20. The maximum Gasteiger partial charge on any atom is 0.0412 e. The van der Waals surface area contributed by atoms with Crippen molar-refractivity contribution in [2.24, 2.45) is 5.92 Å². The molecule has 0 aliphatic carbocycles. The summed E-state index contributed by atoms with van der Waals surface area (Å²) in [6, 6.07) is 18.6. The Morgan fingerprint density at radius 1 is 0.895 bits per heavy atom. The lowest BCUT2D eigenvalue weighted by Gasteiger charge is -2.26. The van der Waals surface area contributed by atoms with Gasteiger partial charge in [0.05, 0.1) is 0 Å². The molecule has 0 spiro atoms. The number of hydrogen-bond donors (Lipinski definition) is 1. The molecule has 0 amide bonds. The topological polar surface area (TPSA) is 29.3 Å². The Morgan fingerprint density at radius 3 is 2.05 bits per heavy atom. The third kappa shape index (κ3) is 3.75. The zero-order chi connectivity index (χ0) is 13.7. The van der Waals surface area contributed by atoms with Crippen LogP contribution in [0.1, 0.15) is 20.3 Å². The first-order valence-electron chi connectivity index (χ1n) is 6.85. The van der Waals surface area contributed by atoms with Crippen LogP contribution in [0.15, 0.2) is 54.6 Å². The Morgan fingerprint density at radius 2 is 1.47 bits per heavy atom. The molecule has 0 fully saturated rings. The van der Waals surface area contributed by atoms with Gasteiger partial charge in [-0.3, -0.25) is 0 Å². The van der Waals surface area contributed by atoms with E-state index in [0.717, 1.165) is 12.2 Å². The third-order valence-corrected chi connectivity index (χ3v) is 3.20. The van der Waals surface area contributed by atoms with Crippen molar-refractivity contribution in [3.05, 3.63) is 54.6 Å². The molecule has 0 saturated carbocycles. The molecule has 0 bridgehead atoms. The van der Waals surface area contributed by atoms with E-state index < -0.39 is 0 Å². The van der Waals surface area contributed by atoms with Crippen LogP contribution in [0.5, 0.6) is 0 Å². The van der Waals surface area contributed by atoms with Crippen molar-refractivity contribution >= 4 is 17.1 Å². The Labute approximate surface area is 115 Å². The van der Waals surface area contributed by atoms with Gasteiger partial charge in [-0.1, -0.05) is 32.0 Å². The van der Waals surface area contributed by atoms with Gasteiger partial charge in [-0.05, 0) is 48.7 Å². The summed E-state index contributed by atoms with van der Waals surface area (Å²) in [7, 11) is 0. The summed E-state index contributed by atoms with van der Waals surface area (Å²) in [5.74, 6) is 0.694. The van der Waals surface area contributed by atoms with Crippen molar-refractivity contribution in [2.75, 3.05) is 17.2 Å². The lowest BCUT2D eigenvalue weighted by Crippen LogP contribution is -2.19. The second-order valence-electron chi connectivity index (χ2n) is 5.26. The molecule has 2 heteroatoms. The van der Waals surface area contributed by atoms with E-state index in [1.54, 1.807) is 0 Å². The first-order chi connectivity index (χ1) is 9.16. The van der Waals surface area contributed by atoms with Crippen LogP contribution in [0.25, 0.3) is 0 Å². The highest BCUT2D eigenvalue weighted by Crippen LogP contribution is 2.26. The fraction of sp³-hybridized carbons (Fsp3) is 0.294. The van der Waals surface area contributed by atoms with E-state index in [-0.39, 0.29) is 0 Å². The number of nitrogen functional groups attached to an aromatic ring is 1. The molecule has 19 heavy (non-hydrogen) atoms. The van der Waals surface area contributed by atoms with Gasteiger partial charge in [0.15, 0.2) is 0 Å². The molecule has 2 aromatic carbocycles. The molecule has 0 heterocycles. The normalized spacial score (nSPS) is 10.7. The highest BCUT2D eigenvalue weighted by atomic mass is 15.1. The van der Waals surface area contributed by atoms with E-state index >= 15 is 0 Å². The molecule has 2 nitrogen and oxygen atoms in total. The lowest BCUT2D eigenvalue weighted by molar-refractivity contribution is 0.591. The lowest BCUT2D eigenvalue weighted by atomic mass is 10.1. The fourth-order valence-electron chi connectivity index (χ4n) is 2.06. The van der Waals surface area contributed by atoms with Gasteiger partial charge in [-0.2, -0.15) is 0 Å². The highest BCUT2D eigenvalue weighted by Gasteiger charge is 2.09. The van der Waals surface area contributed by atoms with Crippen molar-refractivity contribution in [2.45, 2.75) is 20.3 Å². The number of benzene rings is 2. The smallest absolute Gasteiger partial charge is 0.0412 e. The largest absolute Gasteiger partial charge is 0.399 e. The van der Waals surface area contributed by atoms with Crippen molar-refractivity contribution in [1.29, 1.82) is 0 Å². The molecule has 2 N–H and O–H groups in total. The number of nitrogens with two attached hydrogens (primary N) is 1. The summed E-state index contributed by atoms with van der Waals surface area (Å²) in [5, 5.41) is 0. The Hall–Kier alpha value is -1.96. The van der Waals surface area contributed by atoms with Crippen LogP contribution >= 0.6 is 0 Å². The molecule has 0 atom stereocenters. The van der Waals surface area contributed by atoms with Gasteiger partial charge in [-0.15, -0.1) is 0 Å². The first kappa shape index (κ1) is 13.5. The molecule has 2 aromatic rings. The van der Waals surface area contributed by atoms with E-state index in [4.69, 9.17) is 5.73 Å². The minimum Gasteiger partial charge on any atom is -0.399 e. The molecule has 0 unspecified atom stereocenters. The SMILES string of the molecule is CC(C)CCN(c1ccccc1)c1ccc(N)cc1. The Balaban J connectivity index is 2.26. The van der Waals surface area contributed by atoms with E-state index in [1.165, 1.54) is 17.8 Å². The summed E-state index contributed by atoms with van der Waals surface area (Å²) in [4.78, 5) is 2.35. The molecule has 2 rings (SSSR count). The van der Waals surface area contributed by atoms with Gasteiger partial charge in [-0.25, -0.2) is 0 Å². The predicted octanol–water partition coefficient (Wildman–Crippen LogP) is 4.45. The van der Waals surface area contributed by atoms with Gasteiger partial charge in [0.1, 0.15) is 0 Å². The molecule has 0 saturated heterocycles. The summed E-state index contributed by atoms with van der Waals surface area (Å²) in [6.07, 6.45) is 1.17. The van der Waals surface area contributed by atoms with Gasteiger partial charge in [0.2, 0.25) is 0 Å². The highest BCUT2D eigenvalue weighted by molar-refractivity contribution is 5.64. The van der Waals surface area contributed by atoms with Crippen LogP contribution in [0.3, 0.4) is 0 Å². The summed E-state index contributed by atoms with van der Waals surface area (Å²) < 4.78 is 0. The average Bonchev–Trinajstić information content (AvgIpc) is 2.42. The zero-order valence-corrected chi connectivity index (χ0v) is 11.7. The van der Waals surface area contributed by atoms with Gasteiger partial charge in [0, 0.05) is 23.6 Å². The minimum absolute atomic E-state index is 0.694. The molecular weight excluding hydrogens is 232 g/mol. The maximum atomic E-state index is 5.77. The quantitative estimate of drug-likeness (QED) is 0.798. The number of hydrogen-bond acceptors (Lipinski definition) is 2. The van der Waals surface area contributed by atoms with Crippen LogP contribution in [-0.4, -0.2) is 6.54 Å². The number of nitrogens with zero attached hydrogens (tertiary/aromatic N) is 1. The summed E-state index contributed by atoms with van der Waals surface area (Å²) in [6.45, 7) is 5.53. The number of para-hydroxylation sites is 1. The number of anilines is 3. The summed E-state index contributed by atoms with van der Waals surface area (Å²) in [5.41, 5.74) is 9.00. The van der Waals surface area contributed by atoms with E-state index in [2.05, 4.69) is 55.1 Å². The fourth-order valence-corrected chi connectivity index (χ4v) is 2.06. The molecule has 0 aliphatic heterocycles. The van der Waals surface area contributed by atoms with Crippen LogP contribution in [-0.2, 0) is 0 Å². The Bertz CT molecular complexity index is 488. The molecule has 0 radical (unpaired) electrons. The molecule has 0 aliphatic rings. The summed E-state index contributed by atoms with van der Waals surface area (Å²) >= 11 is 0. The standard InChI is InChI=1S/C17H22N2/c1-14(2)12-13-19(16-6-4-3-5-7-16)17-10-8-15(18)9-11-17/h3-11,14H,12-13,18H2,1-2H3. The van der Waals surface area contributed by atoms with E-state index in [9.17, 15) is 0 Å². The van der Waals surface area contributed by atoms with Crippen molar-refractivity contribution in [1.82, 2.24) is 0 Å². The van der Waals surface area contributed by atoms with Crippen molar-refractivity contribution < 1.29 is 0 Å². The van der Waals surface area contributed by atoms with Crippen LogP contribution in [0, 0.1) is 5.92 Å².